The third kappa shape index (κ3) is 6.02. The smallest absolute Gasteiger partial charge is 0.246 e. The summed E-state index contributed by atoms with van der Waals surface area (Å²) in [7, 11) is 1.60. The minimum absolute atomic E-state index is 0.0179. The van der Waals surface area contributed by atoms with Crippen molar-refractivity contribution in [1.29, 1.82) is 0 Å². The SMILES string of the molecule is CCN(C(=O)CN(CCOc1ccc(OC)cc1)C(C)=O)c1ccccc1. The Labute approximate surface area is 160 Å². The van der Waals surface area contributed by atoms with Crippen molar-refractivity contribution < 1.29 is 19.1 Å². The molecule has 0 fully saturated rings. The first-order chi connectivity index (χ1) is 13.0. The minimum atomic E-state index is -0.161. The number of nitrogens with zero attached hydrogens (tertiary/aromatic N) is 2. The fourth-order valence-electron chi connectivity index (χ4n) is 2.65. The molecule has 0 heterocycles. The van der Waals surface area contributed by atoms with Crippen LogP contribution in [-0.2, 0) is 9.59 Å². The number of anilines is 1. The molecule has 0 aliphatic heterocycles. The largest absolute Gasteiger partial charge is 0.497 e. The number of methoxy groups -OCH3 is 1. The monoisotopic (exact) mass is 370 g/mol. The molecular weight excluding hydrogens is 344 g/mol. The van der Waals surface area contributed by atoms with Crippen LogP contribution in [0.1, 0.15) is 13.8 Å². The molecule has 0 atom stereocenters. The molecule has 0 spiro atoms. The van der Waals surface area contributed by atoms with Gasteiger partial charge in [-0.3, -0.25) is 9.59 Å². The quantitative estimate of drug-likeness (QED) is 0.681. The molecule has 0 saturated heterocycles. The van der Waals surface area contributed by atoms with Crippen LogP contribution < -0.4 is 14.4 Å². The van der Waals surface area contributed by atoms with Gasteiger partial charge in [-0.25, -0.2) is 0 Å². The Bertz CT molecular complexity index is 732. The predicted molar refractivity (Wildman–Crippen MR) is 105 cm³/mol. The lowest BCUT2D eigenvalue weighted by Gasteiger charge is -2.26. The highest BCUT2D eigenvalue weighted by molar-refractivity contribution is 5.96. The van der Waals surface area contributed by atoms with Gasteiger partial charge >= 0.3 is 0 Å². The first-order valence-electron chi connectivity index (χ1n) is 8.93. The van der Waals surface area contributed by atoms with Gasteiger partial charge in [-0.15, -0.1) is 0 Å². The summed E-state index contributed by atoms with van der Waals surface area (Å²) in [6.07, 6.45) is 0. The van der Waals surface area contributed by atoms with Crippen molar-refractivity contribution in [3.8, 4) is 11.5 Å². The standard InChI is InChI=1S/C21H26N2O4/c1-4-23(18-8-6-5-7-9-18)21(25)16-22(17(2)24)14-15-27-20-12-10-19(26-3)11-13-20/h5-13H,4,14-16H2,1-3H3. The van der Waals surface area contributed by atoms with Crippen LogP contribution in [0, 0.1) is 0 Å². The fraction of sp³-hybridized carbons (Fsp3) is 0.333. The average molecular weight is 370 g/mol. The summed E-state index contributed by atoms with van der Waals surface area (Å²) in [6, 6.07) is 16.7. The van der Waals surface area contributed by atoms with Crippen molar-refractivity contribution in [1.82, 2.24) is 4.90 Å². The van der Waals surface area contributed by atoms with Gasteiger partial charge in [0.05, 0.1) is 13.7 Å². The van der Waals surface area contributed by atoms with E-state index < -0.39 is 0 Å². The minimum Gasteiger partial charge on any atom is -0.497 e. The number of likely N-dealkylation sites (N-methyl/N-ethyl adjacent to an activating group) is 1. The molecule has 144 valence electrons. The maximum atomic E-state index is 12.7. The Morgan fingerprint density at radius 2 is 1.59 bits per heavy atom. The first-order valence-corrected chi connectivity index (χ1v) is 8.93. The van der Waals surface area contributed by atoms with Crippen molar-refractivity contribution in [3.63, 3.8) is 0 Å². The van der Waals surface area contributed by atoms with Crippen molar-refractivity contribution in [2.45, 2.75) is 13.8 Å². The number of carbonyl (C=O) groups excluding carboxylic acids is 2. The molecule has 0 aliphatic carbocycles. The maximum absolute atomic E-state index is 12.7. The van der Waals surface area contributed by atoms with E-state index in [-0.39, 0.29) is 18.4 Å². The summed E-state index contributed by atoms with van der Waals surface area (Å²) in [5.74, 6) is 1.15. The molecule has 0 saturated carbocycles. The number of para-hydroxylation sites is 1. The molecule has 2 rings (SSSR count). The number of hydrogen-bond acceptors (Lipinski definition) is 4. The zero-order chi connectivity index (χ0) is 19.6. The molecule has 27 heavy (non-hydrogen) atoms. The lowest BCUT2D eigenvalue weighted by molar-refractivity contribution is -0.133. The summed E-state index contributed by atoms with van der Waals surface area (Å²) in [5, 5.41) is 0. The topological polar surface area (TPSA) is 59.1 Å². The summed E-state index contributed by atoms with van der Waals surface area (Å²) in [6.45, 7) is 4.56. The van der Waals surface area contributed by atoms with Crippen LogP contribution in [0.25, 0.3) is 0 Å². The van der Waals surface area contributed by atoms with Gasteiger partial charge in [0.25, 0.3) is 0 Å². The summed E-state index contributed by atoms with van der Waals surface area (Å²) < 4.78 is 10.8. The third-order valence-electron chi connectivity index (χ3n) is 4.15. The van der Waals surface area contributed by atoms with Gasteiger partial charge in [0.15, 0.2) is 0 Å². The van der Waals surface area contributed by atoms with Gasteiger partial charge in [0.2, 0.25) is 11.8 Å². The van der Waals surface area contributed by atoms with Crippen molar-refractivity contribution in [3.05, 3.63) is 54.6 Å². The third-order valence-corrected chi connectivity index (χ3v) is 4.15. The number of ether oxygens (including phenoxy) is 2. The van der Waals surface area contributed by atoms with Crippen molar-refractivity contribution in [2.75, 3.05) is 38.3 Å². The van der Waals surface area contributed by atoms with Crippen LogP contribution in [-0.4, -0.2) is 50.1 Å². The second-order valence-corrected chi connectivity index (χ2v) is 5.94. The van der Waals surface area contributed by atoms with Crippen molar-refractivity contribution in [2.24, 2.45) is 0 Å². The molecule has 6 nitrogen and oxygen atoms in total. The molecule has 2 aromatic carbocycles. The van der Waals surface area contributed by atoms with E-state index in [1.807, 2.05) is 37.3 Å². The van der Waals surface area contributed by atoms with E-state index in [1.54, 1.807) is 36.3 Å². The van der Waals surface area contributed by atoms with E-state index >= 15 is 0 Å². The highest BCUT2D eigenvalue weighted by Gasteiger charge is 2.19. The Balaban J connectivity index is 1.92. The Morgan fingerprint density at radius 3 is 2.15 bits per heavy atom. The normalized spacial score (nSPS) is 10.2. The van der Waals surface area contributed by atoms with E-state index in [9.17, 15) is 9.59 Å². The molecule has 0 aromatic heterocycles. The van der Waals surface area contributed by atoms with E-state index in [2.05, 4.69) is 0 Å². The van der Waals surface area contributed by atoms with E-state index in [0.29, 0.717) is 25.4 Å². The second kappa shape index (κ2) is 10.2. The van der Waals surface area contributed by atoms with Gasteiger partial charge in [-0.05, 0) is 43.3 Å². The van der Waals surface area contributed by atoms with Gasteiger partial charge in [0, 0.05) is 19.2 Å². The molecular formula is C21H26N2O4. The number of rotatable bonds is 9. The molecule has 2 amide bonds. The molecule has 2 aromatic rings. The Kier molecular flexibility index (Phi) is 7.67. The fourth-order valence-corrected chi connectivity index (χ4v) is 2.65. The highest BCUT2D eigenvalue weighted by Crippen LogP contribution is 2.17. The average Bonchev–Trinajstić information content (AvgIpc) is 2.69. The summed E-state index contributed by atoms with van der Waals surface area (Å²) >= 11 is 0. The number of hydrogen-bond donors (Lipinski definition) is 0. The lowest BCUT2D eigenvalue weighted by Crippen LogP contribution is -2.43. The molecule has 6 heteroatoms. The number of benzene rings is 2. The highest BCUT2D eigenvalue weighted by atomic mass is 16.5. The van der Waals surface area contributed by atoms with Gasteiger partial charge in [-0.2, -0.15) is 0 Å². The van der Waals surface area contributed by atoms with Gasteiger partial charge in [-0.1, -0.05) is 18.2 Å². The molecule has 0 bridgehead atoms. The van der Waals surface area contributed by atoms with Crippen LogP contribution in [0.3, 0.4) is 0 Å². The van der Waals surface area contributed by atoms with E-state index in [1.165, 1.54) is 11.8 Å². The first kappa shape index (κ1) is 20.3. The molecule has 0 N–H and O–H groups in total. The number of amides is 2. The van der Waals surface area contributed by atoms with Gasteiger partial charge < -0.3 is 19.3 Å². The van der Waals surface area contributed by atoms with Crippen molar-refractivity contribution >= 4 is 17.5 Å². The summed E-state index contributed by atoms with van der Waals surface area (Å²) in [5.41, 5.74) is 0.822. The zero-order valence-corrected chi connectivity index (χ0v) is 16.1. The number of carbonyl (C=O) groups is 2. The predicted octanol–water partition coefficient (Wildman–Crippen LogP) is 2.98. The molecule has 0 radical (unpaired) electrons. The molecule has 0 unspecified atom stereocenters. The van der Waals surface area contributed by atoms with Crippen LogP contribution >= 0.6 is 0 Å². The van der Waals surface area contributed by atoms with Gasteiger partial charge in [0.1, 0.15) is 24.7 Å². The maximum Gasteiger partial charge on any atom is 0.246 e. The van der Waals surface area contributed by atoms with E-state index in [0.717, 1.165) is 11.4 Å². The Hall–Kier alpha value is -3.02. The lowest BCUT2D eigenvalue weighted by atomic mass is 10.2. The molecule has 0 aliphatic rings. The second-order valence-electron chi connectivity index (χ2n) is 5.94. The zero-order valence-electron chi connectivity index (χ0n) is 16.1. The van der Waals surface area contributed by atoms with Crippen LogP contribution in [0.2, 0.25) is 0 Å². The van der Waals surface area contributed by atoms with Crippen LogP contribution in [0.5, 0.6) is 11.5 Å². The van der Waals surface area contributed by atoms with Crippen LogP contribution in [0.4, 0.5) is 5.69 Å². The van der Waals surface area contributed by atoms with Crippen LogP contribution in [0.15, 0.2) is 54.6 Å². The van der Waals surface area contributed by atoms with E-state index in [4.69, 9.17) is 9.47 Å². The Morgan fingerprint density at radius 1 is 0.963 bits per heavy atom. The summed E-state index contributed by atoms with van der Waals surface area (Å²) in [4.78, 5) is 27.8.